The number of Topliss-reactive ketones (excluding diaryl/α,β-unsaturated/α-hetero) is 1. The standard InChI is InChI=1S/C10H11NO2S/c12-8(9-2-1-7-14-9)3-4-10(13)11-5-6-11/h1-2,7H,3-6H2. The molecular formula is C10H11NO2S. The number of amides is 1. The molecule has 3 nitrogen and oxygen atoms in total. The van der Waals surface area contributed by atoms with E-state index in [0.717, 1.165) is 18.0 Å². The van der Waals surface area contributed by atoms with Crippen LogP contribution in [0.2, 0.25) is 0 Å². The summed E-state index contributed by atoms with van der Waals surface area (Å²) in [5.74, 6) is 0.185. The summed E-state index contributed by atoms with van der Waals surface area (Å²) in [6.45, 7) is 1.73. The van der Waals surface area contributed by atoms with Crippen LogP contribution < -0.4 is 0 Å². The van der Waals surface area contributed by atoms with Crippen LogP contribution in [0.3, 0.4) is 0 Å². The molecule has 1 saturated heterocycles. The Balaban J connectivity index is 1.80. The Bertz CT molecular complexity index is 341. The number of ketones is 1. The Kier molecular flexibility index (Phi) is 2.63. The summed E-state index contributed by atoms with van der Waals surface area (Å²) < 4.78 is 0. The molecule has 1 aromatic rings. The summed E-state index contributed by atoms with van der Waals surface area (Å²) in [5.41, 5.74) is 0. The smallest absolute Gasteiger partial charge is 0.223 e. The number of carbonyl (C=O) groups is 2. The Hall–Kier alpha value is -1.16. The molecule has 1 amide bonds. The van der Waals surface area contributed by atoms with Crippen LogP contribution >= 0.6 is 11.3 Å². The second-order valence-corrected chi connectivity index (χ2v) is 4.23. The SMILES string of the molecule is O=C(CCC(=O)N1CC1)c1cccs1. The van der Waals surface area contributed by atoms with Crippen LogP contribution in [0.1, 0.15) is 22.5 Å². The number of hydrogen-bond donors (Lipinski definition) is 0. The van der Waals surface area contributed by atoms with Gasteiger partial charge in [-0.2, -0.15) is 0 Å². The lowest BCUT2D eigenvalue weighted by molar-refractivity contribution is -0.125. The monoisotopic (exact) mass is 209 g/mol. The van der Waals surface area contributed by atoms with Crippen molar-refractivity contribution in [3.8, 4) is 0 Å². The molecule has 2 rings (SSSR count). The van der Waals surface area contributed by atoms with Crippen molar-refractivity contribution in [3.63, 3.8) is 0 Å². The Labute approximate surface area is 86.3 Å². The van der Waals surface area contributed by atoms with Gasteiger partial charge in [0.2, 0.25) is 5.91 Å². The summed E-state index contributed by atoms with van der Waals surface area (Å²) in [4.78, 5) is 25.3. The summed E-state index contributed by atoms with van der Waals surface area (Å²) >= 11 is 1.43. The van der Waals surface area contributed by atoms with Crippen molar-refractivity contribution >= 4 is 23.0 Å². The predicted molar refractivity (Wildman–Crippen MR) is 54.5 cm³/mol. The van der Waals surface area contributed by atoms with Gasteiger partial charge in [-0.15, -0.1) is 11.3 Å². The summed E-state index contributed by atoms with van der Waals surface area (Å²) in [7, 11) is 0. The van der Waals surface area contributed by atoms with Crippen LogP contribution in [-0.2, 0) is 4.79 Å². The molecule has 0 bridgehead atoms. The summed E-state index contributed by atoms with van der Waals surface area (Å²) in [6.07, 6.45) is 0.701. The molecule has 0 N–H and O–H groups in total. The fourth-order valence-electron chi connectivity index (χ4n) is 1.24. The predicted octanol–water partition coefficient (Wildman–Crippen LogP) is 1.55. The number of hydrogen-bond acceptors (Lipinski definition) is 3. The number of carbonyl (C=O) groups excluding carboxylic acids is 2. The van der Waals surface area contributed by atoms with Crippen LogP contribution in [0.5, 0.6) is 0 Å². The van der Waals surface area contributed by atoms with Crippen molar-refractivity contribution in [2.45, 2.75) is 12.8 Å². The number of thiophene rings is 1. The minimum absolute atomic E-state index is 0.0789. The molecule has 1 fully saturated rings. The van der Waals surface area contributed by atoms with Gasteiger partial charge >= 0.3 is 0 Å². The van der Waals surface area contributed by atoms with Gasteiger partial charge in [-0.05, 0) is 11.4 Å². The van der Waals surface area contributed by atoms with Crippen molar-refractivity contribution in [2.24, 2.45) is 0 Å². The Morgan fingerprint density at radius 3 is 2.71 bits per heavy atom. The Morgan fingerprint density at radius 1 is 1.36 bits per heavy atom. The van der Waals surface area contributed by atoms with E-state index in [1.807, 2.05) is 11.4 Å². The zero-order valence-corrected chi connectivity index (χ0v) is 8.55. The molecule has 14 heavy (non-hydrogen) atoms. The first kappa shape index (κ1) is 9.40. The molecule has 0 unspecified atom stereocenters. The van der Waals surface area contributed by atoms with Gasteiger partial charge < -0.3 is 4.90 Å². The second kappa shape index (κ2) is 3.92. The van der Waals surface area contributed by atoms with Crippen molar-refractivity contribution in [1.29, 1.82) is 0 Å². The first-order valence-corrected chi connectivity index (χ1v) is 5.50. The molecule has 1 aliphatic heterocycles. The van der Waals surface area contributed by atoms with E-state index in [4.69, 9.17) is 0 Å². The molecule has 0 saturated carbocycles. The van der Waals surface area contributed by atoms with Crippen molar-refractivity contribution in [3.05, 3.63) is 22.4 Å². The van der Waals surface area contributed by atoms with E-state index in [1.165, 1.54) is 11.3 Å². The van der Waals surface area contributed by atoms with Crippen LogP contribution in [0.25, 0.3) is 0 Å². The van der Waals surface area contributed by atoms with E-state index in [9.17, 15) is 9.59 Å². The highest BCUT2D eigenvalue weighted by Gasteiger charge is 2.24. The van der Waals surface area contributed by atoms with E-state index in [1.54, 1.807) is 11.0 Å². The van der Waals surface area contributed by atoms with Gasteiger partial charge in [-0.3, -0.25) is 9.59 Å². The van der Waals surface area contributed by atoms with E-state index >= 15 is 0 Å². The van der Waals surface area contributed by atoms with E-state index in [-0.39, 0.29) is 11.7 Å². The van der Waals surface area contributed by atoms with Gasteiger partial charge in [-0.25, -0.2) is 0 Å². The lowest BCUT2D eigenvalue weighted by Gasteiger charge is -1.99. The maximum atomic E-state index is 11.5. The topological polar surface area (TPSA) is 37.1 Å². The van der Waals surface area contributed by atoms with Crippen LogP contribution in [-0.4, -0.2) is 29.7 Å². The van der Waals surface area contributed by atoms with Gasteiger partial charge in [-0.1, -0.05) is 6.07 Å². The first-order valence-electron chi connectivity index (χ1n) is 4.62. The normalized spacial score (nSPS) is 14.1. The average Bonchev–Trinajstić information content (AvgIpc) is 2.90. The summed E-state index contributed by atoms with van der Waals surface area (Å²) in [5, 5.41) is 1.87. The fourth-order valence-corrected chi connectivity index (χ4v) is 1.93. The van der Waals surface area contributed by atoms with Gasteiger partial charge in [0.1, 0.15) is 0 Å². The molecule has 0 radical (unpaired) electrons. The quantitative estimate of drug-likeness (QED) is 0.557. The molecular weight excluding hydrogens is 198 g/mol. The third-order valence-corrected chi connectivity index (χ3v) is 3.07. The van der Waals surface area contributed by atoms with Gasteiger partial charge in [0.05, 0.1) is 4.88 Å². The molecule has 74 valence electrons. The third kappa shape index (κ3) is 2.20. The fraction of sp³-hybridized carbons (Fsp3) is 0.400. The third-order valence-electron chi connectivity index (χ3n) is 2.16. The van der Waals surface area contributed by atoms with Crippen LogP contribution in [0.4, 0.5) is 0 Å². The molecule has 0 atom stereocenters. The highest BCUT2D eigenvalue weighted by Crippen LogP contribution is 2.14. The molecule has 1 aliphatic rings. The summed E-state index contributed by atoms with van der Waals surface area (Å²) in [6, 6.07) is 3.65. The lowest BCUT2D eigenvalue weighted by Crippen LogP contribution is -2.11. The minimum atomic E-state index is 0.0789. The average molecular weight is 209 g/mol. The second-order valence-electron chi connectivity index (χ2n) is 3.28. The van der Waals surface area contributed by atoms with Crippen LogP contribution in [0.15, 0.2) is 17.5 Å². The molecule has 0 spiro atoms. The molecule has 0 aliphatic carbocycles. The minimum Gasteiger partial charge on any atom is -0.339 e. The number of nitrogens with zero attached hydrogens (tertiary/aromatic N) is 1. The zero-order chi connectivity index (χ0) is 9.97. The van der Waals surface area contributed by atoms with E-state index in [0.29, 0.717) is 12.8 Å². The molecule has 1 aromatic heterocycles. The van der Waals surface area contributed by atoms with Gasteiger partial charge in [0.15, 0.2) is 5.78 Å². The first-order chi connectivity index (χ1) is 6.77. The van der Waals surface area contributed by atoms with Gasteiger partial charge in [0.25, 0.3) is 0 Å². The van der Waals surface area contributed by atoms with E-state index < -0.39 is 0 Å². The van der Waals surface area contributed by atoms with Crippen molar-refractivity contribution < 1.29 is 9.59 Å². The lowest BCUT2D eigenvalue weighted by atomic mass is 10.2. The van der Waals surface area contributed by atoms with Gasteiger partial charge in [0, 0.05) is 25.9 Å². The van der Waals surface area contributed by atoms with Crippen molar-refractivity contribution in [2.75, 3.05) is 13.1 Å². The molecule has 4 heteroatoms. The van der Waals surface area contributed by atoms with E-state index in [2.05, 4.69) is 0 Å². The maximum Gasteiger partial charge on any atom is 0.223 e. The maximum absolute atomic E-state index is 11.5. The van der Waals surface area contributed by atoms with Crippen LogP contribution in [0, 0.1) is 0 Å². The molecule has 2 heterocycles. The largest absolute Gasteiger partial charge is 0.339 e. The Morgan fingerprint density at radius 2 is 2.14 bits per heavy atom. The highest BCUT2D eigenvalue weighted by atomic mass is 32.1. The zero-order valence-electron chi connectivity index (χ0n) is 7.73. The van der Waals surface area contributed by atoms with Crippen molar-refractivity contribution in [1.82, 2.24) is 4.90 Å². The molecule has 0 aromatic carbocycles. The highest BCUT2D eigenvalue weighted by molar-refractivity contribution is 7.12. The number of rotatable bonds is 4.